The highest BCUT2D eigenvalue weighted by Crippen LogP contribution is 2.41. The van der Waals surface area contributed by atoms with Gasteiger partial charge in [0.05, 0.1) is 11.7 Å². The molecule has 0 spiro atoms. The number of nitrogens with one attached hydrogen (secondary N) is 2. The van der Waals surface area contributed by atoms with Gasteiger partial charge >= 0.3 is 0 Å². The molecule has 0 amide bonds. The summed E-state index contributed by atoms with van der Waals surface area (Å²) in [6.07, 6.45) is 3.77. The lowest BCUT2D eigenvalue weighted by Gasteiger charge is -2.27. The van der Waals surface area contributed by atoms with Crippen LogP contribution in [0.5, 0.6) is 0 Å². The van der Waals surface area contributed by atoms with Crippen LogP contribution in [0.1, 0.15) is 34.6 Å². The monoisotopic (exact) mass is 348 g/mol. The Kier molecular flexibility index (Phi) is 4.01. The number of aromatic nitrogens is 2. The molecule has 0 unspecified atom stereocenters. The topological polar surface area (TPSA) is 44.0 Å². The zero-order chi connectivity index (χ0) is 17.4. The Bertz CT molecular complexity index is 889. The molecule has 2 atom stereocenters. The highest BCUT2D eigenvalue weighted by Gasteiger charge is 2.41. The van der Waals surface area contributed by atoms with Gasteiger partial charge in [-0.25, -0.2) is 0 Å². The molecule has 4 nitrogen and oxygen atoms in total. The van der Waals surface area contributed by atoms with Gasteiger partial charge in [0.2, 0.25) is 0 Å². The van der Waals surface area contributed by atoms with Crippen LogP contribution in [0.15, 0.2) is 60.9 Å². The second-order valence-electron chi connectivity index (χ2n) is 6.39. The lowest BCUT2D eigenvalue weighted by molar-refractivity contribution is 0.558. The minimum Gasteiger partial charge on any atom is -0.363 e. The van der Waals surface area contributed by atoms with Gasteiger partial charge in [-0.2, -0.15) is 0 Å². The lowest BCUT2D eigenvalue weighted by atomic mass is 10.0. The Balaban J connectivity index is 1.82. The van der Waals surface area contributed by atoms with Gasteiger partial charge in [-0.1, -0.05) is 12.1 Å². The molecule has 0 saturated carbocycles. The maximum Gasteiger partial charge on any atom is 0.174 e. The number of hydrogen-bond acceptors (Lipinski definition) is 2. The summed E-state index contributed by atoms with van der Waals surface area (Å²) in [6, 6.07) is 16.6. The zero-order valence-corrected chi connectivity index (χ0v) is 15.0. The molecule has 25 heavy (non-hydrogen) atoms. The average Bonchev–Trinajstić information content (AvgIpc) is 3.25. The van der Waals surface area contributed by atoms with Crippen LogP contribution in [-0.4, -0.2) is 15.1 Å². The maximum absolute atomic E-state index is 5.70. The lowest BCUT2D eigenvalue weighted by Crippen LogP contribution is -2.29. The maximum atomic E-state index is 5.70. The van der Waals surface area contributed by atoms with Gasteiger partial charge in [0, 0.05) is 23.8 Å². The van der Waals surface area contributed by atoms with Gasteiger partial charge < -0.3 is 15.2 Å². The van der Waals surface area contributed by atoms with E-state index < -0.39 is 0 Å². The van der Waals surface area contributed by atoms with E-state index in [-0.39, 0.29) is 12.1 Å². The van der Waals surface area contributed by atoms with Crippen LogP contribution >= 0.6 is 12.2 Å². The Labute approximate surface area is 152 Å². The summed E-state index contributed by atoms with van der Waals surface area (Å²) in [4.78, 5) is 10.1. The Morgan fingerprint density at radius 3 is 2.60 bits per heavy atom. The van der Waals surface area contributed by atoms with Gasteiger partial charge in [-0.05, 0) is 73.6 Å². The van der Waals surface area contributed by atoms with Crippen molar-refractivity contribution in [2.75, 3.05) is 4.90 Å². The molecule has 2 N–H and O–H groups in total. The van der Waals surface area contributed by atoms with Crippen molar-refractivity contribution >= 4 is 23.0 Å². The van der Waals surface area contributed by atoms with Gasteiger partial charge in [-0.15, -0.1) is 0 Å². The quantitative estimate of drug-likeness (QED) is 0.696. The normalized spacial score (nSPS) is 19.9. The fraction of sp³-hybridized carbons (Fsp3) is 0.200. The third-order valence-corrected chi connectivity index (χ3v) is 5.12. The first kappa shape index (κ1) is 15.8. The molecular weight excluding hydrogens is 328 g/mol. The molecule has 1 saturated heterocycles. The molecule has 0 bridgehead atoms. The molecule has 126 valence electrons. The summed E-state index contributed by atoms with van der Waals surface area (Å²) >= 11 is 5.70. The van der Waals surface area contributed by atoms with Crippen molar-refractivity contribution in [3.63, 3.8) is 0 Å². The number of rotatable bonds is 3. The third kappa shape index (κ3) is 2.81. The van der Waals surface area contributed by atoms with Crippen LogP contribution in [0.2, 0.25) is 0 Å². The summed E-state index contributed by atoms with van der Waals surface area (Å²) in [5, 5.41) is 4.19. The van der Waals surface area contributed by atoms with Crippen molar-refractivity contribution in [1.82, 2.24) is 15.3 Å². The van der Waals surface area contributed by atoms with Crippen LogP contribution < -0.4 is 10.2 Å². The second-order valence-corrected chi connectivity index (χ2v) is 6.78. The van der Waals surface area contributed by atoms with Crippen LogP contribution in [-0.2, 0) is 0 Å². The molecule has 3 heterocycles. The zero-order valence-electron chi connectivity index (χ0n) is 14.2. The molecule has 3 aromatic rings. The molecule has 1 fully saturated rings. The molecule has 0 aliphatic carbocycles. The van der Waals surface area contributed by atoms with Crippen molar-refractivity contribution in [3.05, 3.63) is 83.4 Å². The summed E-state index contributed by atoms with van der Waals surface area (Å²) in [7, 11) is 0. The Hall–Kier alpha value is -2.66. The van der Waals surface area contributed by atoms with E-state index in [1.807, 2.05) is 36.7 Å². The number of H-pyrrole nitrogens is 1. The van der Waals surface area contributed by atoms with E-state index in [9.17, 15) is 0 Å². The molecule has 1 aliphatic rings. The summed E-state index contributed by atoms with van der Waals surface area (Å²) < 4.78 is 0. The Morgan fingerprint density at radius 2 is 1.92 bits per heavy atom. The first-order chi connectivity index (χ1) is 12.1. The van der Waals surface area contributed by atoms with Crippen molar-refractivity contribution in [3.8, 4) is 0 Å². The molecule has 1 aromatic carbocycles. The predicted octanol–water partition coefficient (Wildman–Crippen LogP) is 4.20. The van der Waals surface area contributed by atoms with Gasteiger partial charge in [0.15, 0.2) is 5.11 Å². The average molecular weight is 348 g/mol. The number of hydrogen-bond donors (Lipinski definition) is 2. The summed E-state index contributed by atoms with van der Waals surface area (Å²) in [5.74, 6) is 0. The van der Waals surface area contributed by atoms with Crippen molar-refractivity contribution < 1.29 is 0 Å². The van der Waals surface area contributed by atoms with Crippen molar-refractivity contribution in [2.24, 2.45) is 0 Å². The van der Waals surface area contributed by atoms with E-state index in [1.54, 1.807) is 0 Å². The largest absolute Gasteiger partial charge is 0.363 e. The van der Waals surface area contributed by atoms with E-state index in [0.29, 0.717) is 0 Å². The van der Waals surface area contributed by atoms with Crippen LogP contribution in [0.4, 0.5) is 5.69 Å². The van der Waals surface area contributed by atoms with Crippen LogP contribution in [0.25, 0.3) is 0 Å². The van der Waals surface area contributed by atoms with Crippen molar-refractivity contribution in [2.45, 2.75) is 25.9 Å². The molecule has 2 aromatic heterocycles. The van der Waals surface area contributed by atoms with Gasteiger partial charge in [0.25, 0.3) is 0 Å². The van der Waals surface area contributed by atoms with Crippen molar-refractivity contribution in [1.29, 1.82) is 0 Å². The van der Waals surface area contributed by atoms with E-state index in [4.69, 9.17) is 12.2 Å². The molecule has 1 aliphatic heterocycles. The Morgan fingerprint density at radius 1 is 1.04 bits per heavy atom. The minimum absolute atomic E-state index is 0.00559. The number of benzene rings is 1. The highest BCUT2D eigenvalue weighted by atomic mass is 32.1. The summed E-state index contributed by atoms with van der Waals surface area (Å²) in [5.41, 5.74) is 5.72. The van der Waals surface area contributed by atoms with E-state index >= 15 is 0 Å². The first-order valence-corrected chi connectivity index (χ1v) is 8.77. The number of aryl methyl sites for hydroxylation is 2. The number of pyridine rings is 1. The number of nitrogens with zero attached hydrogens (tertiary/aromatic N) is 2. The van der Waals surface area contributed by atoms with E-state index in [1.165, 1.54) is 11.1 Å². The number of anilines is 1. The SMILES string of the molecule is Cc1ccc(N2C(=S)N[C@@H](c3ccccn3)[C@H]2c2ccc[nH]2)cc1C. The highest BCUT2D eigenvalue weighted by molar-refractivity contribution is 7.80. The standard InChI is InChI=1S/C20H20N4S/c1-13-8-9-15(12-14(13)2)24-19(17-7-5-11-22-17)18(23-20(24)25)16-6-3-4-10-21-16/h3-12,18-19,22H,1-2H3,(H,23,25)/t18-,19+/m0/s1. The van der Waals surface area contributed by atoms with Crippen LogP contribution in [0, 0.1) is 13.8 Å². The number of thiocarbonyl (C=S) groups is 1. The second kappa shape index (κ2) is 6.33. The van der Waals surface area contributed by atoms with Gasteiger partial charge in [0.1, 0.15) is 6.04 Å². The summed E-state index contributed by atoms with van der Waals surface area (Å²) in [6.45, 7) is 4.25. The number of aromatic amines is 1. The predicted molar refractivity (Wildman–Crippen MR) is 105 cm³/mol. The smallest absolute Gasteiger partial charge is 0.174 e. The molecule has 4 rings (SSSR count). The van der Waals surface area contributed by atoms with E-state index in [0.717, 1.165) is 22.2 Å². The van der Waals surface area contributed by atoms with Crippen LogP contribution in [0.3, 0.4) is 0 Å². The van der Waals surface area contributed by atoms with Gasteiger partial charge in [-0.3, -0.25) is 4.98 Å². The fourth-order valence-corrected chi connectivity index (χ4v) is 3.70. The minimum atomic E-state index is -0.00559. The fourth-order valence-electron chi connectivity index (χ4n) is 3.35. The molecule has 0 radical (unpaired) electrons. The third-order valence-electron chi connectivity index (χ3n) is 4.81. The first-order valence-electron chi connectivity index (χ1n) is 8.36. The van der Waals surface area contributed by atoms with E-state index in [2.05, 4.69) is 58.3 Å². The molecule has 5 heteroatoms. The molecular formula is C20H20N4S.